The lowest BCUT2D eigenvalue weighted by Gasteiger charge is -2.33. The molecule has 1 amide bonds. The van der Waals surface area contributed by atoms with Gasteiger partial charge in [0.1, 0.15) is 0 Å². The van der Waals surface area contributed by atoms with Crippen LogP contribution in [0.2, 0.25) is 0 Å². The molecular weight excluding hydrogens is 256 g/mol. The summed E-state index contributed by atoms with van der Waals surface area (Å²) in [6.45, 7) is 6.23. The lowest BCUT2D eigenvalue weighted by molar-refractivity contribution is -0.123. The maximum Gasteiger partial charge on any atom is 0.237 e. The molecule has 0 spiro atoms. The van der Waals surface area contributed by atoms with Crippen molar-refractivity contribution in [1.29, 1.82) is 0 Å². The van der Waals surface area contributed by atoms with E-state index in [9.17, 15) is 4.79 Å². The number of hydrogen-bond acceptors (Lipinski definition) is 3. The van der Waals surface area contributed by atoms with Crippen LogP contribution in [-0.2, 0) is 4.79 Å². The molecule has 1 rings (SSSR count). The number of carbonyl (C=O) groups is 1. The van der Waals surface area contributed by atoms with E-state index in [-0.39, 0.29) is 11.9 Å². The van der Waals surface area contributed by atoms with Crippen molar-refractivity contribution in [1.82, 2.24) is 10.6 Å². The summed E-state index contributed by atoms with van der Waals surface area (Å²) in [7, 11) is 0. The average molecular weight is 286 g/mol. The molecule has 2 N–H and O–H groups in total. The number of rotatable bonds is 7. The van der Waals surface area contributed by atoms with Gasteiger partial charge in [0.25, 0.3) is 0 Å². The second kappa shape index (κ2) is 8.85. The van der Waals surface area contributed by atoms with Gasteiger partial charge in [0.2, 0.25) is 5.91 Å². The Bertz CT molecular complexity index is 269. The summed E-state index contributed by atoms with van der Waals surface area (Å²) in [6.07, 6.45) is 9.29. The second-order valence-electron chi connectivity index (χ2n) is 5.58. The minimum Gasteiger partial charge on any atom is -0.352 e. The molecule has 0 saturated heterocycles. The van der Waals surface area contributed by atoms with Crippen LogP contribution in [-0.4, -0.2) is 35.5 Å². The maximum absolute atomic E-state index is 12.2. The third-order valence-electron chi connectivity index (χ3n) is 4.19. The van der Waals surface area contributed by atoms with Crippen LogP contribution in [0, 0.1) is 0 Å². The maximum atomic E-state index is 12.2. The zero-order valence-corrected chi connectivity index (χ0v) is 13.7. The van der Waals surface area contributed by atoms with Gasteiger partial charge in [-0.1, -0.05) is 26.7 Å². The minimum atomic E-state index is -0.0849. The third-order valence-corrected chi connectivity index (χ3v) is 5.36. The van der Waals surface area contributed by atoms with Crippen molar-refractivity contribution in [3.8, 4) is 0 Å². The molecule has 0 aromatic heterocycles. The molecule has 4 heteroatoms. The van der Waals surface area contributed by atoms with Crippen LogP contribution in [0.1, 0.15) is 59.3 Å². The number of thioether (sulfide) groups is 1. The largest absolute Gasteiger partial charge is 0.352 e. The van der Waals surface area contributed by atoms with Crippen LogP contribution in [0.4, 0.5) is 0 Å². The molecule has 1 saturated carbocycles. The normalized spacial score (nSPS) is 25.3. The highest BCUT2D eigenvalue weighted by Crippen LogP contribution is 2.27. The molecule has 0 bridgehead atoms. The van der Waals surface area contributed by atoms with Gasteiger partial charge in [0, 0.05) is 17.3 Å². The topological polar surface area (TPSA) is 41.1 Å². The van der Waals surface area contributed by atoms with Gasteiger partial charge in [-0.05, 0) is 38.9 Å². The van der Waals surface area contributed by atoms with E-state index in [2.05, 4.69) is 30.7 Å². The summed E-state index contributed by atoms with van der Waals surface area (Å²) in [5.74, 6) is 0.152. The molecule has 1 fully saturated rings. The zero-order valence-electron chi connectivity index (χ0n) is 12.9. The van der Waals surface area contributed by atoms with E-state index in [1.54, 1.807) is 0 Å². The third kappa shape index (κ3) is 5.35. The molecule has 0 radical (unpaired) electrons. The van der Waals surface area contributed by atoms with Crippen LogP contribution in [0.5, 0.6) is 0 Å². The van der Waals surface area contributed by atoms with Gasteiger partial charge in [0.15, 0.2) is 0 Å². The van der Waals surface area contributed by atoms with Gasteiger partial charge >= 0.3 is 0 Å². The summed E-state index contributed by atoms with van der Waals surface area (Å²) in [5, 5.41) is 7.33. The van der Waals surface area contributed by atoms with E-state index >= 15 is 0 Å². The van der Waals surface area contributed by atoms with Gasteiger partial charge in [-0.2, -0.15) is 11.8 Å². The van der Waals surface area contributed by atoms with Crippen LogP contribution >= 0.6 is 11.8 Å². The Balaban J connectivity index is 2.43. The zero-order chi connectivity index (χ0) is 14.3. The fourth-order valence-corrected chi connectivity index (χ4v) is 3.73. The van der Waals surface area contributed by atoms with Crippen LogP contribution in [0.3, 0.4) is 0 Å². The first-order chi connectivity index (χ1) is 9.12. The van der Waals surface area contributed by atoms with Crippen molar-refractivity contribution < 1.29 is 4.79 Å². The highest BCUT2D eigenvalue weighted by molar-refractivity contribution is 7.99. The fraction of sp³-hybridized carbons (Fsp3) is 0.933. The molecule has 0 aromatic rings. The van der Waals surface area contributed by atoms with E-state index < -0.39 is 0 Å². The van der Waals surface area contributed by atoms with E-state index in [0.717, 1.165) is 12.8 Å². The number of hydrogen-bond donors (Lipinski definition) is 2. The van der Waals surface area contributed by atoms with Gasteiger partial charge in [-0.3, -0.25) is 4.79 Å². The fourth-order valence-electron chi connectivity index (χ4n) is 2.79. The minimum absolute atomic E-state index is 0.0849. The molecule has 1 aliphatic rings. The van der Waals surface area contributed by atoms with Crippen molar-refractivity contribution in [2.24, 2.45) is 0 Å². The first kappa shape index (κ1) is 16.8. The standard InChI is InChI=1S/C15H30N2OS/c1-5-12(6-2)17-15(18)11(3)16-13-9-7-8-10-14(13)19-4/h11-14,16H,5-10H2,1-4H3,(H,17,18). The predicted molar refractivity (Wildman–Crippen MR) is 84.7 cm³/mol. The summed E-state index contributed by atoms with van der Waals surface area (Å²) >= 11 is 1.94. The van der Waals surface area contributed by atoms with Crippen LogP contribution < -0.4 is 10.6 Å². The Morgan fingerprint density at radius 2 is 1.89 bits per heavy atom. The van der Waals surface area contributed by atoms with Gasteiger partial charge in [0.05, 0.1) is 6.04 Å². The quantitative estimate of drug-likeness (QED) is 0.756. The molecule has 3 atom stereocenters. The Morgan fingerprint density at radius 1 is 1.26 bits per heavy atom. The molecule has 0 heterocycles. The Kier molecular flexibility index (Phi) is 7.84. The van der Waals surface area contributed by atoms with Crippen molar-refractivity contribution in [3.05, 3.63) is 0 Å². The molecule has 3 unspecified atom stereocenters. The van der Waals surface area contributed by atoms with Crippen LogP contribution in [0.25, 0.3) is 0 Å². The lowest BCUT2D eigenvalue weighted by Crippen LogP contribution is -2.52. The van der Waals surface area contributed by atoms with Gasteiger partial charge in [-0.25, -0.2) is 0 Å². The van der Waals surface area contributed by atoms with Crippen molar-refractivity contribution in [2.45, 2.75) is 82.7 Å². The highest BCUT2D eigenvalue weighted by atomic mass is 32.2. The Hall–Kier alpha value is -0.220. The molecule has 112 valence electrons. The number of carbonyl (C=O) groups excluding carboxylic acids is 1. The smallest absolute Gasteiger partial charge is 0.237 e. The summed E-state index contributed by atoms with van der Waals surface area (Å²) < 4.78 is 0. The summed E-state index contributed by atoms with van der Waals surface area (Å²) in [4.78, 5) is 12.2. The predicted octanol–water partition coefficient (Wildman–Crippen LogP) is 2.94. The first-order valence-corrected chi connectivity index (χ1v) is 9.00. The van der Waals surface area contributed by atoms with Crippen molar-refractivity contribution in [2.75, 3.05) is 6.26 Å². The molecule has 19 heavy (non-hydrogen) atoms. The van der Waals surface area contributed by atoms with E-state index in [1.807, 2.05) is 18.7 Å². The SMILES string of the molecule is CCC(CC)NC(=O)C(C)NC1CCCCC1SC. The first-order valence-electron chi connectivity index (χ1n) is 7.71. The van der Waals surface area contributed by atoms with E-state index in [1.165, 1.54) is 25.7 Å². The highest BCUT2D eigenvalue weighted by Gasteiger charge is 2.27. The van der Waals surface area contributed by atoms with Crippen molar-refractivity contribution in [3.63, 3.8) is 0 Å². The number of amides is 1. The average Bonchev–Trinajstić information content (AvgIpc) is 2.44. The lowest BCUT2D eigenvalue weighted by atomic mass is 9.94. The van der Waals surface area contributed by atoms with E-state index in [0.29, 0.717) is 17.3 Å². The monoisotopic (exact) mass is 286 g/mol. The van der Waals surface area contributed by atoms with Crippen LogP contribution in [0.15, 0.2) is 0 Å². The van der Waals surface area contributed by atoms with Crippen molar-refractivity contribution >= 4 is 17.7 Å². The molecule has 0 aromatic carbocycles. The molecule has 1 aliphatic carbocycles. The second-order valence-corrected chi connectivity index (χ2v) is 6.65. The van der Waals surface area contributed by atoms with E-state index in [4.69, 9.17) is 0 Å². The Morgan fingerprint density at radius 3 is 2.47 bits per heavy atom. The molecule has 0 aliphatic heterocycles. The number of nitrogens with one attached hydrogen (secondary N) is 2. The van der Waals surface area contributed by atoms with Gasteiger partial charge in [-0.15, -0.1) is 0 Å². The summed E-state index contributed by atoms with van der Waals surface area (Å²) in [5.41, 5.74) is 0. The molecule has 3 nitrogen and oxygen atoms in total. The summed E-state index contributed by atoms with van der Waals surface area (Å²) in [6, 6.07) is 0.726. The van der Waals surface area contributed by atoms with Gasteiger partial charge < -0.3 is 10.6 Å². The Labute approximate surface area is 122 Å². The molecular formula is C15H30N2OS.